The summed E-state index contributed by atoms with van der Waals surface area (Å²) in [6, 6.07) is 10.4. The molecule has 0 radical (unpaired) electrons. The van der Waals surface area contributed by atoms with Gasteiger partial charge in [0, 0.05) is 49.5 Å². The number of piperazine rings is 1. The number of hydrogen-bond donors (Lipinski definition) is 1. The third-order valence-electron chi connectivity index (χ3n) is 5.93. The number of benzene rings is 1. The van der Waals surface area contributed by atoms with Crippen molar-refractivity contribution in [1.82, 2.24) is 14.9 Å². The molecule has 1 amide bonds. The fourth-order valence-corrected chi connectivity index (χ4v) is 4.31. The molecule has 1 aliphatic heterocycles. The summed E-state index contributed by atoms with van der Waals surface area (Å²) in [6.45, 7) is 7.04. The van der Waals surface area contributed by atoms with E-state index in [0.717, 1.165) is 41.7 Å². The Bertz CT molecular complexity index is 854. The summed E-state index contributed by atoms with van der Waals surface area (Å²) in [7, 11) is 0. The molecule has 0 spiro atoms. The molecule has 1 aromatic heterocycles. The van der Waals surface area contributed by atoms with Crippen molar-refractivity contribution < 1.29 is 4.79 Å². The molecular formula is C23H31N5O. The maximum atomic E-state index is 12.8. The van der Waals surface area contributed by atoms with Crippen LogP contribution in [-0.2, 0) is 0 Å². The van der Waals surface area contributed by atoms with E-state index in [1.165, 1.54) is 32.1 Å². The van der Waals surface area contributed by atoms with Crippen LogP contribution in [0.3, 0.4) is 0 Å². The highest BCUT2D eigenvalue weighted by Gasteiger charge is 2.24. The van der Waals surface area contributed by atoms with E-state index in [0.29, 0.717) is 19.1 Å². The number of carbonyl (C=O) groups excluding carboxylic acids is 1. The Balaban J connectivity index is 1.39. The number of carbonyl (C=O) groups is 1. The zero-order chi connectivity index (χ0) is 20.2. The second-order valence-corrected chi connectivity index (χ2v) is 8.32. The SMILES string of the molecule is Cc1cccc(C(=O)N2CCN(c3cc(C)nc(NC4CCCCC4)n3)CC2)c1. The molecule has 1 aromatic carbocycles. The third kappa shape index (κ3) is 4.86. The van der Waals surface area contributed by atoms with Crippen molar-refractivity contribution in [2.24, 2.45) is 0 Å². The van der Waals surface area contributed by atoms with Gasteiger partial charge in [-0.3, -0.25) is 4.79 Å². The van der Waals surface area contributed by atoms with Crippen molar-refractivity contribution in [2.75, 3.05) is 36.4 Å². The van der Waals surface area contributed by atoms with Gasteiger partial charge >= 0.3 is 0 Å². The number of nitrogens with zero attached hydrogens (tertiary/aromatic N) is 4. The Kier molecular flexibility index (Phi) is 5.97. The van der Waals surface area contributed by atoms with Gasteiger partial charge in [-0.05, 0) is 38.8 Å². The van der Waals surface area contributed by atoms with E-state index in [4.69, 9.17) is 4.98 Å². The van der Waals surface area contributed by atoms with Gasteiger partial charge in [-0.1, -0.05) is 37.0 Å². The van der Waals surface area contributed by atoms with Crippen molar-refractivity contribution in [3.8, 4) is 0 Å². The molecule has 0 unspecified atom stereocenters. The lowest BCUT2D eigenvalue weighted by Gasteiger charge is -2.35. The molecule has 6 heteroatoms. The first-order valence-electron chi connectivity index (χ1n) is 10.8. The lowest BCUT2D eigenvalue weighted by molar-refractivity contribution is 0.0746. The molecular weight excluding hydrogens is 362 g/mol. The van der Waals surface area contributed by atoms with Gasteiger partial charge in [-0.25, -0.2) is 4.98 Å². The number of aromatic nitrogens is 2. The van der Waals surface area contributed by atoms with Gasteiger partial charge in [0.25, 0.3) is 5.91 Å². The number of nitrogens with one attached hydrogen (secondary N) is 1. The van der Waals surface area contributed by atoms with Gasteiger partial charge in [0.15, 0.2) is 0 Å². The molecule has 2 heterocycles. The van der Waals surface area contributed by atoms with Gasteiger partial charge in [0.2, 0.25) is 5.95 Å². The van der Waals surface area contributed by atoms with Crippen LogP contribution in [0.4, 0.5) is 11.8 Å². The molecule has 2 aromatic rings. The van der Waals surface area contributed by atoms with Gasteiger partial charge < -0.3 is 15.1 Å². The van der Waals surface area contributed by atoms with Crippen molar-refractivity contribution in [1.29, 1.82) is 0 Å². The highest BCUT2D eigenvalue weighted by molar-refractivity contribution is 5.94. The van der Waals surface area contributed by atoms with E-state index in [-0.39, 0.29) is 5.91 Å². The molecule has 1 saturated heterocycles. The molecule has 0 atom stereocenters. The highest BCUT2D eigenvalue weighted by Crippen LogP contribution is 2.22. The monoisotopic (exact) mass is 393 g/mol. The van der Waals surface area contributed by atoms with Crippen LogP contribution >= 0.6 is 0 Å². The van der Waals surface area contributed by atoms with Crippen LogP contribution in [0, 0.1) is 13.8 Å². The molecule has 4 rings (SSSR count). The Morgan fingerprint density at radius 3 is 2.48 bits per heavy atom. The van der Waals surface area contributed by atoms with Crippen LogP contribution in [0.5, 0.6) is 0 Å². The van der Waals surface area contributed by atoms with E-state index < -0.39 is 0 Å². The predicted octanol–water partition coefficient (Wildman–Crippen LogP) is 3.80. The van der Waals surface area contributed by atoms with E-state index in [1.807, 2.05) is 49.1 Å². The summed E-state index contributed by atoms with van der Waals surface area (Å²) in [5.41, 5.74) is 2.87. The lowest BCUT2D eigenvalue weighted by Crippen LogP contribution is -2.49. The topological polar surface area (TPSA) is 61.4 Å². The highest BCUT2D eigenvalue weighted by atomic mass is 16.2. The van der Waals surface area contributed by atoms with E-state index in [9.17, 15) is 4.79 Å². The normalized spacial score (nSPS) is 18.0. The van der Waals surface area contributed by atoms with Crippen molar-refractivity contribution in [3.05, 3.63) is 47.2 Å². The Morgan fingerprint density at radius 2 is 1.76 bits per heavy atom. The maximum absolute atomic E-state index is 12.8. The summed E-state index contributed by atoms with van der Waals surface area (Å²) in [6.07, 6.45) is 6.31. The summed E-state index contributed by atoms with van der Waals surface area (Å²) in [5.74, 6) is 1.82. The van der Waals surface area contributed by atoms with Crippen LogP contribution in [0.1, 0.15) is 53.7 Å². The molecule has 1 saturated carbocycles. The number of amides is 1. The minimum absolute atomic E-state index is 0.117. The van der Waals surface area contributed by atoms with Crippen molar-refractivity contribution in [3.63, 3.8) is 0 Å². The summed E-state index contributed by atoms with van der Waals surface area (Å²) < 4.78 is 0. The molecule has 2 aliphatic rings. The average Bonchev–Trinajstić information content (AvgIpc) is 2.74. The molecule has 0 bridgehead atoms. The zero-order valence-corrected chi connectivity index (χ0v) is 17.5. The third-order valence-corrected chi connectivity index (χ3v) is 5.93. The number of rotatable bonds is 4. The van der Waals surface area contributed by atoms with Gasteiger partial charge in [0.05, 0.1) is 0 Å². The summed E-state index contributed by atoms with van der Waals surface area (Å²) in [4.78, 5) is 26.4. The van der Waals surface area contributed by atoms with Crippen LogP contribution in [0.25, 0.3) is 0 Å². The predicted molar refractivity (Wildman–Crippen MR) is 117 cm³/mol. The first-order chi connectivity index (χ1) is 14.1. The first kappa shape index (κ1) is 19.7. The van der Waals surface area contributed by atoms with E-state index >= 15 is 0 Å². The molecule has 6 nitrogen and oxygen atoms in total. The zero-order valence-electron chi connectivity index (χ0n) is 17.5. The van der Waals surface area contributed by atoms with Crippen LogP contribution < -0.4 is 10.2 Å². The second-order valence-electron chi connectivity index (χ2n) is 8.32. The fraction of sp³-hybridized carbons (Fsp3) is 0.522. The molecule has 1 N–H and O–H groups in total. The molecule has 2 fully saturated rings. The fourth-order valence-electron chi connectivity index (χ4n) is 4.31. The molecule has 1 aliphatic carbocycles. The van der Waals surface area contributed by atoms with Crippen LogP contribution in [-0.4, -0.2) is 53.0 Å². The van der Waals surface area contributed by atoms with Gasteiger partial charge in [-0.2, -0.15) is 4.98 Å². The first-order valence-corrected chi connectivity index (χ1v) is 10.8. The van der Waals surface area contributed by atoms with E-state index in [2.05, 4.69) is 15.2 Å². The number of hydrogen-bond acceptors (Lipinski definition) is 5. The maximum Gasteiger partial charge on any atom is 0.253 e. The summed E-state index contributed by atoms with van der Waals surface area (Å²) >= 11 is 0. The van der Waals surface area contributed by atoms with Crippen molar-refractivity contribution >= 4 is 17.7 Å². The largest absolute Gasteiger partial charge is 0.353 e. The lowest BCUT2D eigenvalue weighted by atomic mass is 9.96. The number of aryl methyl sites for hydroxylation is 2. The average molecular weight is 394 g/mol. The van der Waals surface area contributed by atoms with Crippen LogP contribution in [0.15, 0.2) is 30.3 Å². The standard InChI is InChI=1S/C23H31N5O/c1-17-7-6-8-19(15-17)22(29)28-13-11-27(12-14-28)21-16-18(2)24-23(26-21)25-20-9-4-3-5-10-20/h6-8,15-16,20H,3-5,9-14H2,1-2H3,(H,24,25,26). The molecule has 154 valence electrons. The number of anilines is 2. The summed E-state index contributed by atoms with van der Waals surface area (Å²) in [5, 5.41) is 3.54. The van der Waals surface area contributed by atoms with Crippen LogP contribution in [0.2, 0.25) is 0 Å². The van der Waals surface area contributed by atoms with Gasteiger partial charge in [-0.15, -0.1) is 0 Å². The molecule has 29 heavy (non-hydrogen) atoms. The Morgan fingerprint density at radius 1 is 1.00 bits per heavy atom. The Hall–Kier alpha value is -2.63. The Labute approximate surface area is 173 Å². The van der Waals surface area contributed by atoms with Crippen molar-refractivity contribution in [2.45, 2.75) is 52.0 Å². The quantitative estimate of drug-likeness (QED) is 0.856. The second kappa shape index (κ2) is 8.80. The smallest absolute Gasteiger partial charge is 0.253 e. The minimum atomic E-state index is 0.117. The van der Waals surface area contributed by atoms with E-state index in [1.54, 1.807) is 0 Å². The van der Waals surface area contributed by atoms with Gasteiger partial charge in [0.1, 0.15) is 5.82 Å². The minimum Gasteiger partial charge on any atom is -0.353 e.